The summed E-state index contributed by atoms with van der Waals surface area (Å²) in [5.41, 5.74) is 1.44. The molecule has 0 aromatic carbocycles. The first-order chi connectivity index (χ1) is 9.15. The lowest BCUT2D eigenvalue weighted by molar-refractivity contribution is 0.129. The van der Waals surface area contributed by atoms with Gasteiger partial charge in [-0.15, -0.1) is 11.3 Å². The van der Waals surface area contributed by atoms with Gasteiger partial charge in [0.1, 0.15) is 0 Å². The van der Waals surface area contributed by atoms with Gasteiger partial charge in [0, 0.05) is 4.83 Å². The third kappa shape index (κ3) is 3.32. The lowest BCUT2D eigenvalue weighted by Crippen LogP contribution is -2.29. The minimum atomic E-state index is 0.521. The topological polar surface area (TPSA) is 0 Å². The average Bonchev–Trinajstić information content (AvgIpc) is 2.76. The lowest BCUT2D eigenvalue weighted by Gasteiger charge is -2.40. The van der Waals surface area contributed by atoms with Crippen molar-refractivity contribution in [3.63, 3.8) is 0 Å². The van der Waals surface area contributed by atoms with E-state index in [2.05, 4.69) is 53.9 Å². The minimum absolute atomic E-state index is 0.521. The molecule has 2 saturated carbocycles. The summed E-state index contributed by atoms with van der Waals surface area (Å²) in [7, 11) is 0. The van der Waals surface area contributed by atoms with Gasteiger partial charge in [-0.1, -0.05) is 41.6 Å². The third-order valence-corrected chi connectivity index (χ3v) is 8.60. The van der Waals surface area contributed by atoms with Crippen LogP contribution in [0, 0.1) is 17.8 Å². The molecule has 0 N–H and O–H groups in total. The largest absolute Gasteiger partial charge is 0.121 e. The van der Waals surface area contributed by atoms with Crippen molar-refractivity contribution in [2.24, 2.45) is 17.8 Å². The number of thiophene rings is 1. The fourth-order valence-corrected chi connectivity index (χ4v) is 8.20. The molecule has 1 aromatic rings. The first kappa shape index (κ1) is 15.1. The highest BCUT2D eigenvalue weighted by molar-refractivity contribution is 9.12. The van der Waals surface area contributed by atoms with Crippen molar-refractivity contribution < 1.29 is 0 Å². The molecule has 0 saturated heterocycles. The molecule has 0 radical (unpaired) electrons. The predicted molar refractivity (Wildman–Crippen MR) is 94.2 cm³/mol. The monoisotopic (exact) mass is 468 g/mol. The Balaban J connectivity index is 1.70. The van der Waals surface area contributed by atoms with Crippen molar-refractivity contribution in [3.8, 4) is 0 Å². The highest BCUT2D eigenvalue weighted by Crippen LogP contribution is 2.50. The van der Waals surface area contributed by atoms with Gasteiger partial charge in [0.25, 0.3) is 0 Å². The zero-order valence-electron chi connectivity index (χ0n) is 10.9. The molecular weight excluding hydrogens is 452 g/mol. The van der Waals surface area contributed by atoms with E-state index in [1.165, 1.54) is 58.1 Å². The molecule has 4 unspecified atom stereocenters. The fraction of sp³-hybridized carbons (Fsp3) is 0.733. The summed E-state index contributed by atoms with van der Waals surface area (Å²) >= 11 is 13.1. The van der Waals surface area contributed by atoms with Crippen molar-refractivity contribution in [1.29, 1.82) is 0 Å². The molecule has 1 heterocycles. The summed E-state index contributed by atoms with van der Waals surface area (Å²) in [5.74, 6) is 2.87. The second kappa shape index (κ2) is 6.50. The van der Waals surface area contributed by atoms with E-state index in [0.717, 1.165) is 17.8 Å². The van der Waals surface area contributed by atoms with Crippen LogP contribution >= 0.6 is 59.1 Å². The van der Waals surface area contributed by atoms with Crippen LogP contribution in [0.5, 0.6) is 0 Å². The standard InChI is InChI=1S/C15H19Br3S/c16-13-8-12(15(18)19-13)14(17)11-6-5-9-3-1-2-4-10(9)7-11/h8-11,14H,1-7H2. The third-order valence-electron chi connectivity index (χ3n) is 4.97. The molecule has 0 spiro atoms. The van der Waals surface area contributed by atoms with Gasteiger partial charge in [-0.25, -0.2) is 0 Å². The Morgan fingerprint density at radius 3 is 2.47 bits per heavy atom. The van der Waals surface area contributed by atoms with Crippen LogP contribution in [0.15, 0.2) is 13.6 Å². The summed E-state index contributed by atoms with van der Waals surface area (Å²) in [6.07, 6.45) is 10.2. The molecular formula is C15H19Br3S. The first-order valence-corrected chi connectivity index (χ1v) is 10.6. The van der Waals surface area contributed by atoms with Crippen LogP contribution in [0.1, 0.15) is 55.3 Å². The van der Waals surface area contributed by atoms with E-state index in [4.69, 9.17) is 0 Å². The number of alkyl halides is 1. The van der Waals surface area contributed by atoms with Crippen molar-refractivity contribution in [1.82, 2.24) is 0 Å². The Kier molecular flexibility index (Phi) is 5.15. The summed E-state index contributed by atoms with van der Waals surface area (Å²) in [4.78, 5) is 0.521. The molecule has 19 heavy (non-hydrogen) atoms. The fourth-order valence-electron chi connectivity index (χ4n) is 3.97. The van der Waals surface area contributed by atoms with Crippen molar-refractivity contribution in [2.75, 3.05) is 0 Å². The minimum Gasteiger partial charge on any atom is -0.121 e. The van der Waals surface area contributed by atoms with E-state index >= 15 is 0 Å². The molecule has 0 amide bonds. The van der Waals surface area contributed by atoms with E-state index in [1.807, 2.05) is 0 Å². The van der Waals surface area contributed by atoms with E-state index in [0.29, 0.717) is 4.83 Å². The molecule has 1 aromatic heterocycles. The zero-order chi connectivity index (χ0) is 13.4. The number of hydrogen-bond donors (Lipinski definition) is 0. The molecule has 0 nitrogen and oxygen atoms in total. The molecule has 2 aliphatic rings. The van der Waals surface area contributed by atoms with Gasteiger partial charge in [0.2, 0.25) is 0 Å². The summed E-state index contributed by atoms with van der Waals surface area (Å²) < 4.78 is 2.51. The molecule has 4 atom stereocenters. The van der Waals surface area contributed by atoms with Crippen LogP contribution in [0.4, 0.5) is 0 Å². The van der Waals surface area contributed by atoms with Crippen molar-refractivity contribution >= 4 is 59.1 Å². The van der Waals surface area contributed by atoms with Gasteiger partial charge in [-0.3, -0.25) is 0 Å². The highest BCUT2D eigenvalue weighted by atomic mass is 79.9. The number of rotatable bonds is 2. The highest BCUT2D eigenvalue weighted by Gasteiger charge is 2.35. The van der Waals surface area contributed by atoms with Crippen molar-refractivity contribution in [3.05, 3.63) is 19.2 Å². The zero-order valence-corrected chi connectivity index (χ0v) is 16.5. The number of hydrogen-bond acceptors (Lipinski definition) is 1. The number of halogens is 3. The second-order valence-electron chi connectivity index (χ2n) is 6.06. The summed E-state index contributed by atoms with van der Waals surface area (Å²) in [6, 6.07) is 2.28. The molecule has 4 heteroatoms. The van der Waals surface area contributed by atoms with Gasteiger partial charge in [0.15, 0.2) is 0 Å². The van der Waals surface area contributed by atoms with Crippen LogP contribution in [0.2, 0.25) is 0 Å². The molecule has 2 fully saturated rings. The molecule has 0 bridgehead atoms. The SMILES string of the molecule is Brc1cc(C(Br)C2CCC3CCCCC3C2)c(Br)s1. The first-order valence-electron chi connectivity index (χ1n) is 7.24. The van der Waals surface area contributed by atoms with Gasteiger partial charge < -0.3 is 0 Å². The predicted octanol–water partition coefficient (Wildman–Crippen LogP) is 7.32. The van der Waals surface area contributed by atoms with Gasteiger partial charge in [0.05, 0.1) is 7.57 Å². The summed E-state index contributed by atoms with van der Waals surface area (Å²) in [6.45, 7) is 0. The van der Waals surface area contributed by atoms with Crippen LogP contribution in [0.3, 0.4) is 0 Å². The van der Waals surface area contributed by atoms with Crippen LogP contribution in [-0.2, 0) is 0 Å². The van der Waals surface area contributed by atoms with E-state index in [-0.39, 0.29) is 0 Å². The molecule has 2 aliphatic carbocycles. The average molecular weight is 471 g/mol. The lowest BCUT2D eigenvalue weighted by atomic mass is 9.66. The smallest absolute Gasteiger partial charge is 0.0753 e. The van der Waals surface area contributed by atoms with E-state index in [1.54, 1.807) is 11.3 Å². The van der Waals surface area contributed by atoms with Crippen LogP contribution in [-0.4, -0.2) is 0 Å². The Bertz CT molecular complexity index is 443. The number of fused-ring (bicyclic) bond motifs is 1. The Morgan fingerprint density at radius 2 is 1.79 bits per heavy atom. The Labute approximate surface area is 145 Å². The maximum Gasteiger partial charge on any atom is 0.0753 e. The maximum absolute atomic E-state index is 3.98. The van der Waals surface area contributed by atoms with Gasteiger partial charge >= 0.3 is 0 Å². The molecule has 0 aliphatic heterocycles. The van der Waals surface area contributed by atoms with Crippen LogP contribution < -0.4 is 0 Å². The molecule has 3 rings (SSSR count). The maximum atomic E-state index is 3.98. The quantitative estimate of drug-likeness (QED) is 0.397. The Morgan fingerprint density at radius 1 is 1.05 bits per heavy atom. The normalized spacial score (nSPS) is 32.9. The molecule has 106 valence electrons. The summed E-state index contributed by atoms with van der Waals surface area (Å²) in [5, 5.41) is 0. The van der Waals surface area contributed by atoms with Gasteiger partial charge in [-0.05, 0) is 80.5 Å². The van der Waals surface area contributed by atoms with Crippen molar-refractivity contribution in [2.45, 2.75) is 49.8 Å². The van der Waals surface area contributed by atoms with Gasteiger partial charge in [-0.2, -0.15) is 0 Å². The van der Waals surface area contributed by atoms with E-state index < -0.39 is 0 Å². The Hall–Kier alpha value is 1.14. The second-order valence-corrected chi connectivity index (χ2v) is 10.8. The van der Waals surface area contributed by atoms with E-state index in [9.17, 15) is 0 Å². The van der Waals surface area contributed by atoms with Crippen LogP contribution in [0.25, 0.3) is 0 Å².